The van der Waals surface area contributed by atoms with Crippen LogP contribution in [0.25, 0.3) is 0 Å². The maximum absolute atomic E-state index is 13.1. The van der Waals surface area contributed by atoms with Crippen LogP contribution in [0.3, 0.4) is 0 Å². The Balaban J connectivity index is 1.69. The molecule has 8 heteroatoms. The van der Waals surface area contributed by atoms with Crippen molar-refractivity contribution in [3.05, 3.63) is 60.2 Å². The maximum Gasteiger partial charge on any atom is 0.211 e. The average molecular weight is 393 g/mol. The molecule has 0 aliphatic carbocycles. The monoisotopic (exact) mass is 392 g/mol. The van der Waals surface area contributed by atoms with Gasteiger partial charge >= 0.3 is 0 Å². The van der Waals surface area contributed by atoms with Gasteiger partial charge in [0.05, 0.1) is 5.75 Å². The van der Waals surface area contributed by atoms with E-state index in [0.717, 1.165) is 37.4 Å². The second-order valence-corrected chi connectivity index (χ2v) is 8.65. The zero-order valence-corrected chi connectivity index (χ0v) is 16.2. The van der Waals surface area contributed by atoms with E-state index in [9.17, 15) is 12.8 Å². The van der Waals surface area contributed by atoms with Crippen molar-refractivity contribution < 1.29 is 12.8 Å². The molecule has 1 N–H and O–H groups in total. The van der Waals surface area contributed by atoms with Crippen LogP contribution in [0, 0.1) is 5.82 Å². The molecule has 0 amide bonds. The van der Waals surface area contributed by atoms with Crippen LogP contribution in [0.2, 0.25) is 0 Å². The van der Waals surface area contributed by atoms with Crippen molar-refractivity contribution >= 4 is 15.7 Å². The van der Waals surface area contributed by atoms with Crippen LogP contribution in [0.5, 0.6) is 0 Å². The Morgan fingerprint density at radius 3 is 2.44 bits per heavy atom. The number of sulfonamides is 1. The molecule has 27 heavy (non-hydrogen) atoms. The van der Waals surface area contributed by atoms with Crippen molar-refractivity contribution in [1.29, 1.82) is 0 Å². The molecule has 0 spiro atoms. The summed E-state index contributed by atoms with van der Waals surface area (Å²) in [5.41, 5.74) is 1.99. The molecule has 0 bridgehead atoms. The lowest BCUT2D eigenvalue weighted by atomic mass is 10.1. The van der Waals surface area contributed by atoms with E-state index < -0.39 is 10.0 Å². The third-order valence-corrected chi connectivity index (χ3v) is 6.26. The number of benzene rings is 1. The molecule has 1 aliphatic heterocycles. The van der Waals surface area contributed by atoms with Gasteiger partial charge in [0.15, 0.2) is 0 Å². The lowest BCUT2D eigenvalue weighted by Crippen LogP contribution is -2.50. The Bertz CT molecular complexity index is 823. The van der Waals surface area contributed by atoms with E-state index in [1.807, 2.05) is 12.1 Å². The number of nitrogens with zero attached hydrogens (tertiary/aromatic N) is 3. The summed E-state index contributed by atoms with van der Waals surface area (Å²) in [7, 11) is -3.26. The second kappa shape index (κ2) is 8.77. The molecule has 6 nitrogen and oxygen atoms in total. The van der Waals surface area contributed by atoms with Crippen LogP contribution in [0.4, 0.5) is 10.1 Å². The zero-order valence-electron chi connectivity index (χ0n) is 15.4. The molecule has 1 atom stereocenters. The van der Waals surface area contributed by atoms with Crippen LogP contribution in [-0.2, 0) is 10.0 Å². The number of nitrogens with one attached hydrogen (secondary N) is 1. The summed E-state index contributed by atoms with van der Waals surface area (Å²) in [5.74, 6) is -0.178. The van der Waals surface area contributed by atoms with Crippen LogP contribution in [0.15, 0.2) is 48.8 Å². The van der Waals surface area contributed by atoms with Gasteiger partial charge < -0.3 is 4.90 Å². The molecule has 3 rings (SSSR count). The van der Waals surface area contributed by atoms with Gasteiger partial charge in [0.2, 0.25) is 10.0 Å². The highest BCUT2D eigenvalue weighted by Crippen LogP contribution is 2.24. The number of hydrogen-bond acceptors (Lipinski definition) is 5. The lowest BCUT2D eigenvalue weighted by Gasteiger charge is -2.40. The zero-order chi connectivity index (χ0) is 19.3. The van der Waals surface area contributed by atoms with Crippen molar-refractivity contribution in [1.82, 2.24) is 14.6 Å². The van der Waals surface area contributed by atoms with E-state index in [1.165, 1.54) is 12.1 Å². The predicted octanol–water partition coefficient (Wildman–Crippen LogP) is 2.02. The number of rotatable bonds is 7. The third-order valence-electron chi connectivity index (χ3n) is 4.89. The van der Waals surface area contributed by atoms with Crippen LogP contribution >= 0.6 is 0 Å². The highest BCUT2D eigenvalue weighted by molar-refractivity contribution is 7.89. The van der Waals surface area contributed by atoms with E-state index in [2.05, 4.69) is 19.5 Å². The lowest BCUT2D eigenvalue weighted by molar-refractivity contribution is 0.186. The molecule has 1 aromatic carbocycles. The summed E-state index contributed by atoms with van der Waals surface area (Å²) in [6.45, 7) is 5.10. The molecule has 2 heterocycles. The fourth-order valence-corrected chi connectivity index (χ4v) is 3.90. The first-order valence-electron chi connectivity index (χ1n) is 9.10. The van der Waals surface area contributed by atoms with Crippen LogP contribution in [0.1, 0.15) is 18.5 Å². The van der Waals surface area contributed by atoms with Crippen molar-refractivity contribution in [2.75, 3.05) is 43.4 Å². The van der Waals surface area contributed by atoms with Crippen molar-refractivity contribution in [3.63, 3.8) is 0 Å². The summed E-state index contributed by atoms with van der Waals surface area (Å²) in [6.07, 6.45) is 3.50. The topological polar surface area (TPSA) is 65.5 Å². The average Bonchev–Trinajstić information content (AvgIpc) is 2.70. The first kappa shape index (κ1) is 19.7. The summed E-state index contributed by atoms with van der Waals surface area (Å²) in [5, 5.41) is 0. The predicted molar refractivity (Wildman–Crippen MR) is 105 cm³/mol. The number of anilines is 1. The van der Waals surface area contributed by atoms with Gasteiger partial charge in [0.1, 0.15) is 5.82 Å². The summed E-state index contributed by atoms with van der Waals surface area (Å²) in [4.78, 5) is 8.67. The normalized spacial score (nSPS) is 17.0. The molecule has 1 fully saturated rings. The molecule has 2 aromatic rings. The molecule has 1 aromatic heterocycles. The molecule has 146 valence electrons. The second-order valence-electron chi connectivity index (χ2n) is 6.55. The van der Waals surface area contributed by atoms with Gasteiger partial charge in [-0.2, -0.15) is 0 Å². The summed E-state index contributed by atoms with van der Waals surface area (Å²) < 4.78 is 39.6. The van der Waals surface area contributed by atoms with Gasteiger partial charge in [-0.25, -0.2) is 17.5 Å². The van der Waals surface area contributed by atoms with Crippen molar-refractivity contribution in [2.24, 2.45) is 0 Å². The maximum atomic E-state index is 13.1. The Labute approximate surface area is 160 Å². The number of pyridine rings is 1. The van der Waals surface area contributed by atoms with Gasteiger partial charge in [-0.05, 0) is 42.8 Å². The molecular formula is C19H25FN4O2S. The van der Waals surface area contributed by atoms with E-state index >= 15 is 0 Å². The minimum absolute atomic E-state index is 0.0606. The largest absolute Gasteiger partial charge is 0.369 e. The van der Waals surface area contributed by atoms with Crippen molar-refractivity contribution in [3.8, 4) is 0 Å². The summed E-state index contributed by atoms with van der Waals surface area (Å²) >= 11 is 0. The van der Waals surface area contributed by atoms with Gasteiger partial charge in [-0.3, -0.25) is 9.88 Å². The molecule has 0 radical (unpaired) electrons. The fourth-order valence-electron chi connectivity index (χ4n) is 3.28. The molecule has 0 unspecified atom stereocenters. The van der Waals surface area contributed by atoms with Gasteiger partial charge in [0, 0.05) is 56.8 Å². The highest BCUT2D eigenvalue weighted by Gasteiger charge is 2.26. The van der Waals surface area contributed by atoms with Gasteiger partial charge in [0.25, 0.3) is 0 Å². The Morgan fingerprint density at radius 2 is 1.85 bits per heavy atom. The Kier molecular flexibility index (Phi) is 6.41. The first-order chi connectivity index (χ1) is 13.0. The SMILES string of the molecule is CCS(=O)(=O)NC[C@H](c1cccnc1)N1CCN(c2ccc(F)cc2)CC1. The summed E-state index contributed by atoms with van der Waals surface area (Å²) in [6, 6.07) is 10.3. The number of halogens is 1. The number of aromatic nitrogens is 1. The van der Waals surface area contributed by atoms with Crippen LogP contribution < -0.4 is 9.62 Å². The quantitative estimate of drug-likeness (QED) is 0.781. The molecule has 1 aliphatic rings. The standard InChI is InChI=1S/C19H25FN4O2S/c1-2-27(25,26)22-15-19(16-4-3-9-21-14-16)24-12-10-23(11-13-24)18-7-5-17(20)6-8-18/h3-9,14,19,22H,2,10-13,15H2,1H3/t19-/m1/s1. The molecular weight excluding hydrogens is 367 g/mol. The van der Waals surface area contributed by atoms with Gasteiger partial charge in [-0.1, -0.05) is 6.07 Å². The molecule has 1 saturated heterocycles. The number of hydrogen-bond donors (Lipinski definition) is 1. The minimum Gasteiger partial charge on any atom is -0.369 e. The fraction of sp³-hybridized carbons (Fsp3) is 0.421. The van der Waals surface area contributed by atoms with Crippen molar-refractivity contribution in [2.45, 2.75) is 13.0 Å². The van der Waals surface area contributed by atoms with E-state index in [-0.39, 0.29) is 17.6 Å². The highest BCUT2D eigenvalue weighted by atomic mass is 32.2. The molecule has 0 saturated carbocycles. The smallest absolute Gasteiger partial charge is 0.211 e. The van der Waals surface area contributed by atoms with Crippen LogP contribution in [-0.4, -0.2) is 56.8 Å². The van der Waals surface area contributed by atoms with E-state index in [4.69, 9.17) is 0 Å². The Morgan fingerprint density at radius 1 is 1.15 bits per heavy atom. The Hall–Kier alpha value is -2.03. The third kappa shape index (κ3) is 5.24. The van der Waals surface area contributed by atoms with Gasteiger partial charge in [-0.15, -0.1) is 0 Å². The first-order valence-corrected chi connectivity index (χ1v) is 10.8. The minimum atomic E-state index is -3.26. The number of piperazine rings is 1. The van der Waals surface area contributed by atoms with E-state index in [1.54, 1.807) is 31.5 Å². The van der Waals surface area contributed by atoms with E-state index in [0.29, 0.717) is 6.54 Å².